The van der Waals surface area contributed by atoms with Crippen LogP contribution >= 0.6 is 0 Å². The summed E-state index contributed by atoms with van der Waals surface area (Å²) in [6.45, 7) is 8.61. The van der Waals surface area contributed by atoms with Crippen LogP contribution in [0.2, 0.25) is 0 Å². The van der Waals surface area contributed by atoms with E-state index in [2.05, 4.69) is 11.6 Å². The molecule has 1 saturated carbocycles. The predicted octanol–water partition coefficient (Wildman–Crippen LogP) is 4.64. The lowest BCUT2D eigenvalue weighted by Crippen LogP contribution is -2.39. The number of halogens is 2. The van der Waals surface area contributed by atoms with E-state index in [1.54, 1.807) is 32.3 Å². The van der Waals surface area contributed by atoms with Crippen molar-refractivity contribution in [3.05, 3.63) is 60.2 Å². The zero-order chi connectivity index (χ0) is 19.8. The number of aryl methyl sites for hydroxylation is 1. The van der Waals surface area contributed by atoms with Gasteiger partial charge in [-0.25, -0.2) is 4.98 Å². The molecule has 6 heteroatoms. The Labute approximate surface area is 160 Å². The molecule has 0 unspecified atom stereocenters. The van der Waals surface area contributed by atoms with E-state index in [9.17, 15) is 8.78 Å². The fourth-order valence-corrected chi connectivity index (χ4v) is 3.46. The Bertz CT molecular complexity index is 855. The SMILES string of the molecule is BC1(F)CC(c2ncc(C)n2/C=C(\C=C)c2ccc(OC(C)(C)F)cc2)C1. The van der Waals surface area contributed by atoms with Crippen molar-refractivity contribution in [2.45, 2.75) is 51.0 Å². The van der Waals surface area contributed by atoms with Crippen LogP contribution in [0.25, 0.3) is 11.8 Å². The first-order chi connectivity index (χ1) is 12.6. The van der Waals surface area contributed by atoms with Crippen molar-refractivity contribution in [2.75, 3.05) is 0 Å². The van der Waals surface area contributed by atoms with Crippen LogP contribution in [0.5, 0.6) is 5.75 Å². The number of allylic oxidation sites excluding steroid dienone is 2. The lowest BCUT2D eigenvalue weighted by Gasteiger charge is -2.38. The van der Waals surface area contributed by atoms with E-state index in [1.165, 1.54) is 13.8 Å². The van der Waals surface area contributed by atoms with Gasteiger partial charge in [0.1, 0.15) is 19.4 Å². The van der Waals surface area contributed by atoms with Crippen molar-refractivity contribution in [3.63, 3.8) is 0 Å². The van der Waals surface area contributed by atoms with Crippen LogP contribution in [-0.4, -0.2) is 28.8 Å². The average molecular weight is 370 g/mol. The fraction of sp³-hybridized carbons (Fsp3) is 0.381. The summed E-state index contributed by atoms with van der Waals surface area (Å²) in [5, 5.41) is 0. The summed E-state index contributed by atoms with van der Waals surface area (Å²) in [6, 6.07) is 7.19. The molecule has 0 saturated heterocycles. The van der Waals surface area contributed by atoms with Crippen LogP contribution in [0.1, 0.15) is 49.7 Å². The van der Waals surface area contributed by atoms with E-state index in [4.69, 9.17) is 4.74 Å². The summed E-state index contributed by atoms with van der Waals surface area (Å²) in [6.07, 6.45) is 6.52. The number of hydrogen-bond donors (Lipinski definition) is 0. The molecule has 0 bridgehead atoms. The topological polar surface area (TPSA) is 27.1 Å². The van der Waals surface area contributed by atoms with Gasteiger partial charge >= 0.3 is 0 Å². The number of benzene rings is 1. The van der Waals surface area contributed by atoms with Gasteiger partial charge in [-0.3, -0.25) is 4.39 Å². The first-order valence-corrected chi connectivity index (χ1v) is 9.13. The molecule has 0 amide bonds. The molecule has 0 atom stereocenters. The van der Waals surface area contributed by atoms with Gasteiger partial charge in [0.05, 0.1) is 5.57 Å². The Morgan fingerprint density at radius 3 is 2.52 bits per heavy atom. The third-order valence-corrected chi connectivity index (χ3v) is 4.76. The largest absolute Gasteiger partial charge is 0.459 e. The van der Waals surface area contributed by atoms with Crippen LogP contribution in [0, 0.1) is 6.92 Å². The molecule has 1 aromatic carbocycles. The highest BCUT2D eigenvalue weighted by Gasteiger charge is 2.43. The van der Waals surface area contributed by atoms with Crippen molar-refractivity contribution >= 4 is 19.6 Å². The molecule has 0 aliphatic heterocycles. The predicted molar refractivity (Wildman–Crippen MR) is 108 cm³/mol. The van der Waals surface area contributed by atoms with Crippen LogP contribution in [-0.2, 0) is 0 Å². The van der Waals surface area contributed by atoms with Crippen LogP contribution in [0.4, 0.5) is 8.78 Å². The standard InChI is InChI=1S/C21H25BF2N2O/c1-5-15(16-6-8-18(9-7-16)27-20(3,4)23)13-26-14(2)12-25-19(26)17-10-21(22,24)11-17/h5-9,12-13,17H,1,10-11,22H2,2-4H3/b15-13+. The molecule has 27 heavy (non-hydrogen) atoms. The van der Waals surface area contributed by atoms with Gasteiger partial charge in [-0.15, -0.1) is 0 Å². The molecule has 1 aliphatic rings. The van der Waals surface area contributed by atoms with E-state index < -0.39 is 11.4 Å². The van der Waals surface area contributed by atoms with Crippen LogP contribution < -0.4 is 4.74 Å². The number of alkyl halides is 2. The fourth-order valence-electron chi connectivity index (χ4n) is 3.46. The molecule has 1 aliphatic carbocycles. The first kappa shape index (κ1) is 19.4. The second-order valence-electron chi connectivity index (χ2n) is 7.92. The lowest BCUT2D eigenvalue weighted by molar-refractivity contribution is -0.0257. The summed E-state index contributed by atoms with van der Waals surface area (Å²) in [5.74, 6) is -0.264. The summed E-state index contributed by atoms with van der Waals surface area (Å²) in [7, 11) is 1.64. The minimum atomic E-state index is -1.73. The van der Waals surface area contributed by atoms with E-state index in [1.807, 2.05) is 29.8 Å². The van der Waals surface area contributed by atoms with Crippen molar-refractivity contribution in [1.29, 1.82) is 0 Å². The molecule has 1 fully saturated rings. The molecule has 0 radical (unpaired) electrons. The number of ether oxygens (including phenoxy) is 1. The number of nitrogens with zero attached hydrogens (tertiary/aromatic N) is 2. The average Bonchev–Trinajstić information content (AvgIpc) is 2.90. The second kappa shape index (κ2) is 6.99. The van der Waals surface area contributed by atoms with Crippen LogP contribution in [0.15, 0.2) is 43.1 Å². The zero-order valence-corrected chi connectivity index (χ0v) is 16.3. The number of imidazole rings is 1. The Hall–Kier alpha value is -2.37. The van der Waals surface area contributed by atoms with Gasteiger partial charge in [-0.05, 0) is 43.0 Å². The van der Waals surface area contributed by atoms with E-state index in [0.717, 1.165) is 22.7 Å². The molecule has 3 rings (SSSR count). The normalized spacial score (nSPS) is 23.0. The first-order valence-electron chi connectivity index (χ1n) is 9.13. The highest BCUT2D eigenvalue weighted by molar-refractivity contribution is 6.15. The van der Waals surface area contributed by atoms with E-state index >= 15 is 0 Å². The number of aromatic nitrogens is 2. The summed E-state index contributed by atoms with van der Waals surface area (Å²) in [4.78, 5) is 4.49. The minimum Gasteiger partial charge on any atom is -0.459 e. The molecule has 0 spiro atoms. The summed E-state index contributed by atoms with van der Waals surface area (Å²) >= 11 is 0. The Morgan fingerprint density at radius 2 is 2.00 bits per heavy atom. The maximum absolute atomic E-state index is 13.9. The maximum Gasteiger partial charge on any atom is 0.242 e. The minimum absolute atomic E-state index is 0.124. The van der Waals surface area contributed by atoms with Gasteiger partial charge in [0.2, 0.25) is 5.85 Å². The van der Waals surface area contributed by atoms with Gasteiger partial charge in [0.15, 0.2) is 0 Å². The summed E-state index contributed by atoms with van der Waals surface area (Å²) < 4.78 is 34.8. The van der Waals surface area contributed by atoms with Gasteiger partial charge < -0.3 is 9.30 Å². The van der Waals surface area contributed by atoms with Crippen molar-refractivity contribution in [2.24, 2.45) is 0 Å². The lowest BCUT2D eigenvalue weighted by atomic mass is 9.61. The molecule has 0 N–H and O–H groups in total. The Kier molecular flexibility index (Phi) is 5.02. The van der Waals surface area contributed by atoms with E-state index in [-0.39, 0.29) is 5.92 Å². The Morgan fingerprint density at radius 1 is 1.37 bits per heavy atom. The molecule has 1 aromatic heterocycles. The third kappa shape index (κ3) is 4.49. The molecular weight excluding hydrogens is 345 g/mol. The Balaban J connectivity index is 1.87. The highest BCUT2D eigenvalue weighted by atomic mass is 19.2. The number of rotatable bonds is 6. The van der Waals surface area contributed by atoms with Gasteiger partial charge in [-0.1, -0.05) is 24.8 Å². The molecule has 3 nitrogen and oxygen atoms in total. The monoisotopic (exact) mass is 370 g/mol. The molecule has 142 valence electrons. The molecular formula is C21H25BF2N2O. The maximum atomic E-state index is 13.9. The van der Waals surface area contributed by atoms with Gasteiger partial charge in [-0.2, -0.15) is 4.39 Å². The molecule has 1 heterocycles. The third-order valence-electron chi connectivity index (χ3n) is 4.76. The molecule has 2 aromatic rings. The smallest absolute Gasteiger partial charge is 0.242 e. The van der Waals surface area contributed by atoms with Gasteiger partial charge in [0, 0.05) is 37.9 Å². The number of hydrogen-bond acceptors (Lipinski definition) is 2. The van der Waals surface area contributed by atoms with Crippen molar-refractivity contribution in [1.82, 2.24) is 9.55 Å². The highest BCUT2D eigenvalue weighted by Crippen LogP contribution is 2.45. The zero-order valence-electron chi connectivity index (χ0n) is 16.3. The van der Waals surface area contributed by atoms with Crippen molar-refractivity contribution in [3.8, 4) is 5.75 Å². The quantitative estimate of drug-likeness (QED) is 0.547. The van der Waals surface area contributed by atoms with E-state index in [0.29, 0.717) is 18.6 Å². The van der Waals surface area contributed by atoms with Gasteiger partial charge in [0.25, 0.3) is 0 Å². The van der Waals surface area contributed by atoms with Crippen molar-refractivity contribution < 1.29 is 13.5 Å². The van der Waals surface area contributed by atoms with Crippen LogP contribution in [0.3, 0.4) is 0 Å². The summed E-state index contributed by atoms with van der Waals surface area (Å²) in [5.41, 5.74) is 1.71. The second-order valence-corrected chi connectivity index (χ2v) is 7.92.